The minimum Gasteiger partial charge on any atom is -0.358 e. The summed E-state index contributed by atoms with van der Waals surface area (Å²) in [6.45, 7) is 0.500. The van der Waals surface area contributed by atoms with Crippen LogP contribution in [-0.2, 0) is 0 Å². The summed E-state index contributed by atoms with van der Waals surface area (Å²) < 4.78 is 0. The van der Waals surface area contributed by atoms with Crippen molar-refractivity contribution in [3.8, 4) is 0 Å². The molecule has 1 aromatic rings. The molecule has 14 heavy (non-hydrogen) atoms. The highest BCUT2D eigenvalue weighted by atomic mass is 16.6. The first-order valence-corrected chi connectivity index (χ1v) is 4.29. The molecule has 2 rings (SSSR count). The largest absolute Gasteiger partial charge is 0.372 e. The van der Waals surface area contributed by atoms with E-state index < -0.39 is 4.92 Å². The van der Waals surface area contributed by atoms with Crippen LogP contribution < -0.4 is 5.43 Å². The predicted octanol–water partition coefficient (Wildman–Crippen LogP) is 0.964. The quantitative estimate of drug-likeness (QED) is 0.531. The predicted molar refractivity (Wildman–Crippen MR) is 51.6 cm³/mol. The van der Waals surface area contributed by atoms with Crippen LogP contribution >= 0.6 is 0 Å². The van der Waals surface area contributed by atoms with Gasteiger partial charge in [0.25, 0.3) is 0 Å². The zero-order valence-corrected chi connectivity index (χ0v) is 7.38. The van der Waals surface area contributed by atoms with Gasteiger partial charge in [-0.1, -0.05) is 30.3 Å². The summed E-state index contributed by atoms with van der Waals surface area (Å²) in [5, 5.41) is 14.3. The first-order chi connectivity index (χ1) is 6.79. The van der Waals surface area contributed by atoms with E-state index in [-0.39, 0.29) is 11.8 Å². The lowest BCUT2D eigenvalue weighted by Crippen LogP contribution is -2.20. The Bertz CT molecular complexity index is 375. The fourth-order valence-corrected chi connectivity index (χ4v) is 1.51. The van der Waals surface area contributed by atoms with Crippen LogP contribution in [0.3, 0.4) is 0 Å². The van der Waals surface area contributed by atoms with Gasteiger partial charge in [-0.2, -0.15) is 0 Å². The highest BCUT2D eigenvalue weighted by molar-refractivity contribution is 5.83. The molecule has 0 radical (unpaired) electrons. The summed E-state index contributed by atoms with van der Waals surface area (Å²) in [5.41, 5.74) is 3.57. The average Bonchev–Trinajstić information content (AvgIpc) is 2.67. The molecule has 5 nitrogen and oxygen atoms in total. The molecule has 5 heteroatoms. The number of benzene rings is 1. The lowest BCUT2D eigenvalue weighted by Gasteiger charge is -2.05. The van der Waals surface area contributed by atoms with Crippen molar-refractivity contribution >= 4 is 5.84 Å². The number of hydrazone groups is 1. The Labute approximate surface area is 80.6 Å². The van der Waals surface area contributed by atoms with E-state index in [1.54, 1.807) is 0 Å². The Morgan fingerprint density at radius 1 is 1.43 bits per heavy atom. The molecule has 72 valence electrons. The van der Waals surface area contributed by atoms with E-state index >= 15 is 0 Å². The standard InChI is InChI=1S/C9H9N3O2/c13-12(14)9-8(6-10-11-9)7-4-2-1-3-5-7/h1-5,8,10H,6H2. The molecule has 0 amide bonds. The SMILES string of the molecule is O=[N+]([O-])C1=NNCC1c1ccccc1. The van der Waals surface area contributed by atoms with Gasteiger partial charge < -0.3 is 10.1 Å². The summed E-state index contributed by atoms with van der Waals surface area (Å²) in [6.07, 6.45) is 0. The smallest absolute Gasteiger partial charge is 0.358 e. The third-order valence-corrected chi connectivity index (χ3v) is 2.19. The van der Waals surface area contributed by atoms with E-state index in [1.165, 1.54) is 0 Å². The monoisotopic (exact) mass is 191 g/mol. The van der Waals surface area contributed by atoms with Gasteiger partial charge in [-0.05, 0) is 10.5 Å². The fraction of sp³-hybridized carbons (Fsp3) is 0.222. The molecule has 0 saturated carbocycles. The Kier molecular flexibility index (Phi) is 2.14. The van der Waals surface area contributed by atoms with Gasteiger partial charge in [0.1, 0.15) is 5.92 Å². The van der Waals surface area contributed by atoms with Crippen LogP contribution in [0.15, 0.2) is 35.4 Å². The molecule has 1 atom stereocenters. The number of amidine groups is 1. The summed E-state index contributed by atoms with van der Waals surface area (Å²) >= 11 is 0. The van der Waals surface area contributed by atoms with Crippen LogP contribution in [-0.4, -0.2) is 17.3 Å². The topological polar surface area (TPSA) is 67.5 Å². The first-order valence-electron chi connectivity index (χ1n) is 4.29. The van der Waals surface area contributed by atoms with Crippen molar-refractivity contribution < 1.29 is 4.92 Å². The molecule has 0 fully saturated rings. The summed E-state index contributed by atoms with van der Waals surface area (Å²) in [7, 11) is 0. The molecule has 0 aromatic heterocycles. The zero-order valence-electron chi connectivity index (χ0n) is 7.38. The summed E-state index contributed by atoms with van der Waals surface area (Å²) in [5.74, 6) is -0.234. The van der Waals surface area contributed by atoms with Crippen LogP contribution in [0.2, 0.25) is 0 Å². The van der Waals surface area contributed by atoms with Crippen molar-refractivity contribution in [3.05, 3.63) is 46.0 Å². The average molecular weight is 191 g/mol. The molecule has 1 unspecified atom stereocenters. The van der Waals surface area contributed by atoms with E-state index in [1.807, 2.05) is 30.3 Å². The third-order valence-electron chi connectivity index (χ3n) is 2.19. The van der Waals surface area contributed by atoms with Crippen LogP contribution in [0.1, 0.15) is 11.5 Å². The Morgan fingerprint density at radius 3 is 2.79 bits per heavy atom. The summed E-state index contributed by atoms with van der Waals surface area (Å²) in [4.78, 5) is 10.2. The molecule has 0 bridgehead atoms. The number of nitro groups is 1. The maximum absolute atomic E-state index is 10.6. The second-order valence-electron chi connectivity index (χ2n) is 3.05. The van der Waals surface area contributed by atoms with Gasteiger partial charge in [-0.15, -0.1) is 0 Å². The number of hydrogen-bond acceptors (Lipinski definition) is 4. The molecule has 0 spiro atoms. The van der Waals surface area contributed by atoms with Crippen molar-refractivity contribution in [2.45, 2.75) is 5.92 Å². The van der Waals surface area contributed by atoms with E-state index in [0.29, 0.717) is 6.54 Å². The van der Waals surface area contributed by atoms with E-state index in [4.69, 9.17) is 0 Å². The van der Waals surface area contributed by atoms with Gasteiger partial charge in [-0.25, -0.2) is 5.43 Å². The number of rotatable bonds is 1. The lowest BCUT2D eigenvalue weighted by molar-refractivity contribution is -0.353. The highest BCUT2D eigenvalue weighted by Crippen LogP contribution is 2.19. The van der Waals surface area contributed by atoms with Crippen LogP contribution in [0.4, 0.5) is 0 Å². The fourth-order valence-electron chi connectivity index (χ4n) is 1.51. The van der Waals surface area contributed by atoms with Gasteiger partial charge >= 0.3 is 5.84 Å². The van der Waals surface area contributed by atoms with Gasteiger partial charge in [0.15, 0.2) is 0 Å². The van der Waals surface area contributed by atoms with Crippen LogP contribution in [0.25, 0.3) is 0 Å². The van der Waals surface area contributed by atoms with E-state index in [9.17, 15) is 10.1 Å². The van der Waals surface area contributed by atoms with Crippen molar-refractivity contribution in [1.82, 2.24) is 5.43 Å². The molecule has 1 aliphatic rings. The lowest BCUT2D eigenvalue weighted by atomic mass is 9.99. The second kappa shape index (κ2) is 3.45. The van der Waals surface area contributed by atoms with Gasteiger partial charge in [0, 0.05) is 5.10 Å². The second-order valence-corrected chi connectivity index (χ2v) is 3.05. The van der Waals surface area contributed by atoms with Crippen molar-refractivity contribution in [2.75, 3.05) is 6.54 Å². The summed E-state index contributed by atoms with van der Waals surface area (Å²) in [6, 6.07) is 9.36. The number of hydrogen-bond donors (Lipinski definition) is 1. The molecular formula is C9H9N3O2. The van der Waals surface area contributed by atoms with Crippen LogP contribution in [0, 0.1) is 10.1 Å². The highest BCUT2D eigenvalue weighted by Gasteiger charge is 2.33. The number of nitrogens with zero attached hydrogens (tertiary/aromatic N) is 2. The Balaban J connectivity index is 2.29. The van der Waals surface area contributed by atoms with Gasteiger partial charge in [0.05, 0.1) is 6.54 Å². The third kappa shape index (κ3) is 1.44. The normalized spacial score (nSPS) is 20.0. The molecule has 1 heterocycles. The van der Waals surface area contributed by atoms with Gasteiger partial charge in [0.2, 0.25) is 0 Å². The maximum atomic E-state index is 10.6. The first kappa shape index (κ1) is 8.68. The maximum Gasteiger partial charge on any atom is 0.372 e. The molecule has 1 aromatic carbocycles. The minimum atomic E-state index is -0.433. The van der Waals surface area contributed by atoms with Crippen molar-refractivity contribution in [2.24, 2.45) is 5.10 Å². The van der Waals surface area contributed by atoms with E-state index in [0.717, 1.165) is 5.56 Å². The molecule has 0 aliphatic carbocycles. The van der Waals surface area contributed by atoms with Gasteiger partial charge in [-0.3, -0.25) is 0 Å². The molecule has 1 aliphatic heterocycles. The van der Waals surface area contributed by atoms with Crippen molar-refractivity contribution in [1.29, 1.82) is 0 Å². The minimum absolute atomic E-state index is 0.00352. The van der Waals surface area contributed by atoms with E-state index in [2.05, 4.69) is 10.5 Å². The molecule has 1 N–H and O–H groups in total. The molecule has 0 saturated heterocycles. The van der Waals surface area contributed by atoms with Crippen molar-refractivity contribution in [3.63, 3.8) is 0 Å². The Hall–Kier alpha value is -1.91. The zero-order chi connectivity index (χ0) is 9.97. The molecular weight excluding hydrogens is 182 g/mol. The Morgan fingerprint density at radius 2 is 2.14 bits per heavy atom. The van der Waals surface area contributed by atoms with Crippen LogP contribution in [0.5, 0.6) is 0 Å². The number of nitrogens with one attached hydrogen (secondary N) is 1.